The summed E-state index contributed by atoms with van der Waals surface area (Å²) in [6.07, 6.45) is 73.0. The normalized spacial score (nSPS) is 13.8. The molecule has 0 fully saturated rings. The summed E-state index contributed by atoms with van der Waals surface area (Å²) >= 11 is 0. The zero-order chi connectivity index (χ0) is 57.9. The van der Waals surface area contributed by atoms with Crippen molar-refractivity contribution >= 4 is 19.7 Å². The number of likely N-dealkylation sites (N-methyl/N-ethyl adjacent to an activating group) is 1. The molecule has 3 unspecified atom stereocenters. The van der Waals surface area contributed by atoms with E-state index >= 15 is 0 Å². The van der Waals surface area contributed by atoms with Crippen molar-refractivity contribution in [2.45, 2.75) is 354 Å². The number of hydrogen-bond acceptors (Lipinski definition) is 6. The van der Waals surface area contributed by atoms with Gasteiger partial charge in [0.25, 0.3) is 0 Å². The van der Waals surface area contributed by atoms with Crippen molar-refractivity contribution in [3.05, 3.63) is 36.5 Å². The van der Waals surface area contributed by atoms with E-state index in [9.17, 15) is 19.0 Å². The van der Waals surface area contributed by atoms with E-state index in [0.29, 0.717) is 23.9 Å². The van der Waals surface area contributed by atoms with Crippen molar-refractivity contribution < 1.29 is 37.3 Å². The first-order valence-electron chi connectivity index (χ1n) is 34.3. The van der Waals surface area contributed by atoms with Crippen LogP contribution in [0.2, 0.25) is 0 Å². The van der Waals surface area contributed by atoms with Crippen LogP contribution in [0.3, 0.4) is 0 Å². The van der Waals surface area contributed by atoms with E-state index in [1.165, 1.54) is 231 Å². The number of nitrogens with one attached hydrogen (secondary N) is 1. The third kappa shape index (κ3) is 60.6. The summed E-state index contributed by atoms with van der Waals surface area (Å²) in [5, 5.41) is 3.06. The zero-order valence-corrected chi connectivity index (χ0v) is 54.3. The van der Waals surface area contributed by atoms with Crippen molar-refractivity contribution in [1.29, 1.82) is 0 Å². The van der Waals surface area contributed by atoms with E-state index in [-0.39, 0.29) is 25.1 Å². The molecule has 0 bridgehead atoms. The van der Waals surface area contributed by atoms with Crippen LogP contribution in [0, 0.1) is 0 Å². The Morgan fingerprint density at radius 2 is 0.759 bits per heavy atom. The summed E-state index contributed by atoms with van der Waals surface area (Å²) in [5.74, 6) is -0.501. The van der Waals surface area contributed by atoms with Crippen LogP contribution in [0.5, 0.6) is 0 Å². The molecule has 79 heavy (non-hydrogen) atoms. The molecule has 0 aliphatic rings. The molecule has 0 aromatic carbocycles. The molecule has 0 spiro atoms. The van der Waals surface area contributed by atoms with Crippen LogP contribution in [-0.2, 0) is 27.9 Å². The Kier molecular flexibility index (Phi) is 58.1. The fraction of sp³-hybridized carbons (Fsp3) is 0.884. The van der Waals surface area contributed by atoms with E-state index in [1.54, 1.807) is 0 Å². The molecule has 0 aliphatic carbocycles. The molecule has 0 aromatic rings. The second-order valence-corrected chi connectivity index (χ2v) is 26.2. The fourth-order valence-corrected chi connectivity index (χ4v) is 11.0. The Morgan fingerprint density at radius 3 is 1.14 bits per heavy atom. The van der Waals surface area contributed by atoms with Gasteiger partial charge in [0.1, 0.15) is 19.3 Å². The van der Waals surface area contributed by atoms with Gasteiger partial charge in [0.05, 0.1) is 33.8 Å². The van der Waals surface area contributed by atoms with Gasteiger partial charge in [-0.25, -0.2) is 4.57 Å². The third-order valence-corrected chi connectivity index (χ3v) is 16.6. The van der Waals surface area contributed by atoms with Gasteiger partial charge >= 0.3 is 13.8 Å². The molecule has 3 atom stereocenters. The van der Waals surface area contributed by atoms with E-state index in [4.69, 9.17) is 13.8 Å². The van der Waals surface area contributed by atoms with Gasteiger partial charge in [-0.05, 0) is 57.4 Å². The van der Waals surface area contributed by atoms with Gasteiger partial charge in [-0.1, -0.05) is 308 Å². The maximum absolute atomic E-state index is 13.6. The molecule has 1 amide bonds. The standard InChI is InChI=1S/C69H133N2O7P/c1-7-10-13-16-19-22-25-28-30-31-32-33-34-35-36-37-38-39-41-44-47-50-53-56-59-62-69(73)78-67(60-57-54-51-48-45-42-27-24-21-18-15-12-9-3)66(65-77-79(74,75)76-64-63-71(4,5)6)70-68(72)61-58-55-52-49-46-43-40-29-26-23-20-17-14-11-8-2/h20,23,26,29,57,60,66-67H,7-19,21-22,24-25,27-28,30-56,58-59,61-65H2,1-6H3,(H-,70,72,74,75)/p+1/b23-20+,29-26+,60-57-. The lowest BCUT2D eigenvalue weighted by atomic mass is 10.0. The van der Waals surface area contributed by atoms with Gasteiger partial charge < -0.3 is 19.4 Å². The fourth-order valence-electron chi connectivity index (χ4n) is 10.3. The van der Waals surface area contributed by atoms with E-state index in [1.807, 2.05) is 33.3 Å². The lowest BCUT2D eigenvalue weighted by molar-refractivity contribution is -0.870. The average molecular weight is 1130 g/mol. The summed E-state index contributed by atoms with van der Waals surface area (Å²) in [4.78, 5) is 37.8. The third-order valence-electron chi connectivity index (χ3n) is 15.6. The Balaban J connectivity index is 5.07. The van der Waals surface area contributed by atoms with Gasteiger partial charge in [0.2, 0.25) is 5.91 Å². The molecule has 0 radical (unpaired) electrons. The van der Waals surface area contributed by atoms with Crippen LogP contribution < -0.4 is 5.32 Å². The number of ether oxygens (including phenoxy) is 1. The second-order valence-electron chi connectivity index (χ2n) is 24.7. The molecular formula is C69H134N2O7P+. The molecule has 0 rings (SSSR count). The number of carbonyl (C=O) groups excluding carboxylic acids is 2. The second kappa shape index (κ2) is 59.4. The lowest BCUT2D eigenvalue weighted by Crippen LogP contribution is -2.47. The highest BCUT2D eigenvalue weighted by Crippen LogP contribution is 2.43. The summed E-state index contributed by atoms with van der Waals surface area (Å²) in [5.41, 5.74) is 0. The van der Waals surface area contributed by atoms with Crippen LogP contribution in [0.15, 0.2) is 36.5 Å². The number of carbonyl (C=O) groups is 2. The lowest BCUT2D eigenvalue weighted by Gasteiger charge is -2.27. The number of phosphoric acid groups is 1. The molecule has 466 valence electrons. The molecule has 9 nitrogen and oxygen atoms in total. The molecule has 0 saturated heterocycles. The van der Waals surface area contributed by atoms with Crippen LogP contribution >= 0.6 is 7.82 Å². The molecular weight excluding hydrogens is 1000 g/mol. The Bertz CT molecular complexity index is 1450. The van der Waals surface area contributed by atoms with Crippen LogP contribution in [0.25, 0.3) is 0 Å². The average Bonchev–Trinajstić information content (AvgIpc) is 3.41. The maximum Gasteiger partial charge on any atom is 0.472 e. The van der Waals surface area contributed by atoms with Crippen molar-refractivity contribution in [2.24, 2.45) is 0 Å². The minimum absolute atomic E-state index is 0.0401. The minimum Gasteiger partial charge on any atom is -0.456 e. The van der Waals surface area contributed by atoms with Gasteiger partial charge in [-0.2, -0.15) is 0 Å². The first-order valence-corrected chi connectivity index (χ1v) is 35.8. The maximum atomic E-state index is 13.6. The highest BCUT2D eigenvalue weighted by molar-refractivity contribution is 7.47. The summed E-state index contributed by atoms with van der Waals surface area (Å²) < 4.78 is 30.8. The number of allylic oxidation sites excluding steroid dienone is 5. The number of nitrogens with zero attached hydrogens (tertiary/aromatic N) is 1. The van der Waals surface area contributed by atoms with Gasteiger partial charge in [-0.3, -0.25) is 18.6 Å². The largest absolute Gasteiger partial charge is 0.472 e. The Morgan fingerprint density at radius 1 is 0.443 bits per heavy atom. The molecule has 2 N–H and O–H groups in total. The summed E-state index contributed by atoms with van der Waals surface area (Å²) in [7, 11) is 1.50. The minimum atomic E-state index is -4.45. The number of quaternary nitrogens is 1. The number of unbranched alkanes of at least 4 members (excludes halogenated alkanes) is 44. The quantitative estimate of drug-likeness (QED) is 0.0156. The number of phosphoric ester groups is 1. The highest BCUT2D eigenvalue weighted by Gasteiger charge is 2.30. The molecule has 0 saturated carbocycles. The zero-order valence-electron chi connectivity index (χ0n) is 53.4. The van der Waals surface area contributed by atoms with Gasteiger partial charge in [0, 0.05) is 12.8 Å². The van der Waals surface area contributed by atoms with E-state index in [2.05, 4.69) is 50.4 Å². The van der Waals surface area contributed by atoms with Crippen molar-refractivity contribution in [3.8, 4) is 0 Å². The predicted molar refractivity (Wildman–Crippen MR) is 342 cm³/mol. The van der Waals surface area contributed by atoms with Crippen LogP contribution in [0.4, 0.5) is 0 Å². The SMILES string of the molecule is CCCCC/C=C/C=C/CCCCCCCCC(=O)NC(COP(=O)(O)OCC[N+](C)(C)C)C(/C=C\CCCCCCCCCCCCC)OC(=O)CCCCCCCCCCCCCCCCCCCCCCCCCCC. The highest BCUT2D eigenvalue weighted by atomic mass is 31.2. The van der Waals surface area contributed by atoms with Crippen molar-refractivity contribution in [1.82, 2.24) is 5.32 Å². The van der Waals surface area contributed by atoms with Gasteiger partial charge in [0.15, 0.2) is 0 Å². The number of hydrogen-bond donors (Lipinski definition) is 2. The van der Waals surface area contributed by atoms with E-state index in [0.717, 1.165) is 77.0 Å². The van der Waals surface area contributed by atoms with Gasteiger partial charge in [-0.15, -0.1) is 0 Å². The Labute approximate surface area is 491 Å². The molecule has 10 heteroatoms. The number of rotatable bonds is 63. The molecule has 0 heterocycles. The number of amides is 1. The van der Waals surface area contributed by atoms with Crippen LogP contribution in [0.1, 0.15) is 342 Å². The van der Waals surface area contributed by atoms with E-state index < -0.39 is 20.0 Å². The van der Waals surface area contributed by atoms with Crippen LogP contribution in [-0.4, -0.2) is 74.3 Å². The molecule has 0 aliphatic heterocycles. The summed E-state index contributed by atoms with van der Waals surface area (Å²) in [6, 6.07) is -0.851. The number of esters is 1. The van der Waals surface area contributed by atoms with Crippen molar-refractivity contribution in [3.63, 3.8) is 0 Å². The Hall–Kier alpha value is -1.77. The smallest absolute Gasteiger partial charge is 0.456 e. The molecule has 0 aromatic heterocycles. The monoisotopic (exact) mass is 1130 g/mol. The summed E-state index contributed by atoms with van der Waals surface area (Å²) in [6.45, 7) is 7.03. The first kappa shape index (κ1) is 77.2. The predicted octanol–water partition coefficient (Wildman–Crippen LogP) is 21.5. The first-order chi connectivity index (χ1) is 38.4. The van der Waals surface area contributed by atoms with Crippen molar-refractivity contribution in [2.75, 3.05) is 40.9 Å². The topological polar surface area (TPSA) is 111 Å².